The first-order chi connectivity index (χ1) is 21.6. The molecule has 2 aromatic carbocycles. The largest absolute Gasteiger partial charge is 0.489 e. The number of hydrogen-bond acceptors (Lipinski definition) is 7. The van der Waals surface area contributed by atoms with E-state index in [1.165, 1.54) is 0 Å². The molecule has 0 spiro atoms. The van der Waals surface area contributed by atoms with Gasteiger partial charge in [-0.1, -0.05) is 42.5 Å². The second-order valence-electron chi connectivity index (χ2n) is 11.5. The molecule has 3 aromatic rings. The summed E-state index contributed by atoms with van der Waals surface area (Å²) in [6.45, 7) is 1.84. The lowest BCUT2D eigenvalue weighted by Gasteiger charge is -2.34. The van der Waals surface area contributed by atoms with Crippen LogP contribution in [0.3, 0.4) is 0 Å². The third kappa shape index (κ3) is 5.89. The summed E-state index contributed by atoms with van der Waals surface area (Å²) in [6, 6.07) is 17.3. The predicted molar refractivity (Wildman–Crippen MR) is 165 cm³/mol. The first kappa shape index (κ1) is 28.1. The van der Waals surface area contributed by atoms with E-state index >= 15 is 0 Å². The van der Waals surface area contributed by atoms with Crippen molar-refractivity contribution >= 4 is 11.7 Å². The van der Waals surface area contributed by atoms with Crippen LogP contribution in [0.15, 0.2) is 85.1 Å². The quantitative estimate of drug-likeness (QED) is 0.390. The molecule has 222 valence electrons. The minimum absolute atomic E-state index is 0.0320. The number of carbonyl (C=O) groups is 1. The maximum absolute atomic E-state index is 13.0. The molecule has 2 fully saturated rings. The van der Waals surface area contributed by atoms with Gasteiger partial charge in [-0.3, -0.25) is 9.78 Å². The summed E-state index contributed by atoms with van der Waals surface area (Å²) in [5.74, 6) is 2.11. The summed E-state index contributed by atoms with van der Waals surface area (Å²) >= 11 is 0. The van der Waals surface area contributed by atoms with Crippen molar-refractivity contribution in [2.45, 2.75) is 43.9 Å². The second-order valence-corrected chi connectivity index (χ2v) is 11.5. The van der Waals surface area contributed by atoms with Crippen molar-refractivity contribution in [3.63, 3.8) is 0 Å². The van der Waals surface area contributed by atoms with Gasteiger partial charge in [-0.15, -0.1) is 0 Å². The molecule has 1 N–H and O–H groups in total. The molecule has 44 heavy (non-hydrogen) atoms. The SMILES string of the molecule is N#Cc1cc(-c2ccnc3c2OC(c2ccc(C(=O)NC4COC5C=CC=CC5C4)cc2)=CC3)ccc1OC1CCOCC1. The van der Waals surface area contributed by atoms with E-state index in [4.69, 9.17) is 18.9 Å². The van der Waals surface area contributed by atoms with Gasteiger partial charge in [0.15, 0.2) is 5.75 Å². The number of ether oxygens (including phenoxy) is 4. The lowest BCUT2D eigenvalue weighted by Crippen LogP contribution is -2.46. The van der Waals surface area contributed by atoms with Crippen LogP contribution in [0.25, 0.3) is 16.9 Å². The van der Waals surface area contributed by atoms with Gasteiger partial charge in [0.1, 0.15) is 23.7 Å². The molecule has 7 rings (SSSR count). The maximum Gasteiger partial charge on any atom is 0.251 e. The van der Waals surface area contributed by atoms with Crippen LogP contribution < -0.4 is 14.8 Å². The Morgan fingerprint density at radius 1 is 1.02 bits per heavy atom. The van der Waals surface area contributed by atoms with Crippen LogP contribution in [0.1, 0.15) is 46.4 Å². The molecule has 1 amide bonds. The number of nitriles is 1. The molecule has 8 heteroatoms. The minimum Gasteiger partial charge on any atom is -0.489 e. The first-order valence-corrected chi connectivity index (χ1v) is 15.2. The summed E-state index contributed by atoms with van der Waals surface area (Å²) < 4.78 is 24.0. The van der Waals surface area contributed by atoms with Gasteiger partial charge >= 0.3 is 0 Å². The predicted octanol–water partition coefficient (Wildman–Crippen LogP) is 5.78. The zero-order valence-corrected chi connectivity index (χ0v) is 24.3. The zero-order chi connectivity index (χ0) is 29.9. The normalized spacial score (nSPS) is 22.5. The summed E-state index contributed by atoms with van der Waals surface area (Å²) in [6.07, 6.45) is 15.3. The number of amides is 1. The lowest BCUT2D eigenvalue weighted by atomic mass is 9.88. The Hall–Kier alpha value is -4.71. The minimum atomic E-state index is -0.119. The van der Waals surface area contributed by atoms with Crippen molar-refractivity contribution in [1.82, 2.24) is 10.3 Å². The molecule has 3 atom stereocenters. The molecular formula is C36H33N3O5. The van der Waals surface area contributed by atoms with E-state index in [0.29, 0.717) is 54.6 Å². The van der Waals surface area contributed by atoms with E-state index in [1.54, 1.807) is 6.20 Å². The molecule has 3 aliphatic heterocycles. The molecular weight excluding hydrogens is 554 g/mol. The molecule has 0 bridgehead atoms. The van der Waals surface area contributed by atoms with Crippen LogP contribution >= 0.6 is 0 Å². The van der Waals surface area contributed by atoms with E-state index in [0.717, 1.165) is 41.6 Å². The van der Waals surface area contributed by atoms with Crippen molar-refractivity contribution in [2.24, 2.45) is 5.92 Å². The number of benzene rings is 2. The first-order valence-electron chi connectivity index (χ1n) is 15.2. The molecule has 0 saturated carbocycles. The third-order valence-electron chi connectivity index (χ3n) is 8.55. The maximum atomic E-state index is 13.0. The third-order valence-corrected chi connectivity index (χ3v) is 8.55. The summed E-state index contributed by atoms with van der Waals surface area (Å²) in [5.41, 5.74) is 4.45. The van der Waals surface area contributed by atoms with Gasteiger partial charge in [-0.25, -0.2) is 0 Å². The van der Waals surface area contributed by atoms with Gasteiger partial charge in [-0.05, 0) is 48.4 Å². The Kier molecular flexibility index (Phi) is 7.97. The van der Waals surface area contributed by atoms with E-state index in [1.807, 2.05) is 66.8 Å². The fourth-order valence-corrected chi connectivity index (χ4v) is 6.16. The second kappa shape index (κ2) is 12.5. The standard InChI is InChI=1S/C36H33N3O5/c37-21-27-19-25(9-11-34(27)43-29-14-17-41-18-15-29)30-13-16-38-31-10-12-33(44-35(30)31)23-5-7-24(8-6-23)36(40)39-28-20-26-3-1-2-4-32(26)42-22-28/h1-9,11-13,16,19,26,28-29,32H,10,14-15,17-18,20,22H2,(H,39,40). The molecule has 2 saturated heterocycles. The molecule has 1 aromatic heterocycles. The van der Waals surface area contributed by atoms with Gasteiger partial charge in [0.2, 0.25) is 0 Å². The summed E-state index contributed by atoms with van der Waals surface area (Å²) in [4.78, 5) is 17.6. The molecule has 4 aliphatic rings. The summed E-state index contributed by atoms with van der Waals surface area (Å²) in [5, 5.41) is 13.0. The fraction of sp³-hybridized carbons (Fsp3) is 0.306. The van der Waals surface area contributed by atoms with Gasteiger partial charge in [0, 0.05) is 48.1 Å². The van der Waals surface area contributed by atoms with Crippen molar-refractivity contribution in [3.05, 3.63) is 107 Å². The molecule has 8 nitrogen and oxygen atoms in total. The monoisotopic (exact) mass is 587 g/mol. The highest BCUT2D eigenvalue weighted by molar-refractivity contribution is 5.94. The van der Waals surface area contributed by atoms with Gasteiger partial charge in [-0.2, -0.15) is 5.26 Å². The number of allylic oxidation sites excluding steroid dienone is 3. The Bertz CT molecular complexity index is 1680. The number of pyridine rings is 1. The number of aromatic nitrogens is 1. The van der Waals surface area contributed by atoms with Crippen LogP contribution in [0.2, 0.25) is 0 Å². The number of rotatable bonds is 6. The number of nitrogens with zero attached hydrogens (tertiary/aromatic N) is 2. The van der Waals surface area contributed by atoms with E-state index in [9.17, 15) is 10.1 Å². The number of nitrogens with one attached hydrogen (secondary N) is 1. The topological polar surface area (TPSA) is 103 Å². The molecule has 1 aliphatic carbocycles. The van der Waals surface area contributed by atoms with E-state index < -0.39 is 0 Å². The number of carbonyl (C=O) groups excluding carboxylic acids is 1. The summed E-state index contributed by atoms with van der Waals surface area (Å²) in [7, 11) is 0. The van der Waals surface area contributed by atoms with E-state index in [-0.39, 0.29) is 30.1 Å². The van der Waals surface area contributed by atoms with Crippen molar-refractivity contribution in [1.29, 1.82) is 5.26 Å². The van der Waals surface area contributed by atoms with Crippen LogP contribution in [0.5, 0.6) is 11.5 Å². The average molecular weight is 588 g/mol. The molecule has 4 heterocycles. The van der Waals surface area contributed by atoms with Crippen LogP contribution in [0, 0.1) is 17.2 Å². The average Bonchev–Trinajstić information content (AvgIpc) is 3.08. The van der Waals surface area contributed by atoms with Gasteiger partial charge in [0.25, 0.3) is 5.91 Å². The highest BCUT2D eigenvalue weighted by Gasteiger charge is 2.30. The van der Waals surface area contributed by atoms with Gasteiger partial charge in [0.05, 0.1) is 43.2 Å². The highest BCUT2D eigenvalue weighted by atomic mass is 16.5. The van der Waals surface area contributed by atoms with Crippen molar-refractivity contribution < 1.29 is 23.7 Å². The van der Waals surface area contributed by atoms with Crippen molar-refractivity contribution in [2.75, 3.05) is 19.8 Å². The lowest BCUT2D eigenvalue weighted by molar-refractivity contribution is -0.000993. The van der Waals surface area contributed by atoms with Crippen LogP contribution in [-0.4, -0.2) is 49.0 Å². The smallest absolute Gasteiger partial charge is 0.251 e. The molecule has 0 radical (unpaired) electrons. The number of hydrogen-bond donors (Lipinski definition) is 1. The fourth-order valence-electron chi connectivity index (χ4n) is 6.16. The van der Waals surface area contributed by atoms with Crippen LogP contribution in [-0.2, 0) is 15.9 Å². The van der Waals surface area contributed by atoms with Crippen molar-refractivity contribution in [3.8, 4) is 28.7 Å². The zero-order valence-electron chi connectivity index (χ0n) is 24.3. The number of fused-ring (bicyclic) bond motifs is 2. The van der Waals surface area contributed by atoms with Gasteiger partial charge < -0.3 is 24.3 Å². The Labute approximate surface area is 256 Å². The van der Waals surface area contributed by atoms with Crippen LogP contribution in [0.4, 0.5) is 0 Å². The Balaban J connectivity index is 1.04. The Morgan fingerprint density at radius 2 is 1.84 bits per heavy atom. The Morgan fingerprint density at radius 3 is 2.68 bits per heavy atom. The highest BCUT2D eigenvalue weighted by Crippen LogP contribution is 2.39. The molecule has 3 unspecified atom stereocenters. The van der Waals surface area contributed by atoms with E-state index in [2.05, 4.69) is 28.5 Å².